The third kappa shape index (κ3) is 3.85. The average Bonchev–Trinajstić information content (AvgIpc) is 2.59. The molecule has 0 aliphatic carbocycles. The number of fused-ring (bicyclic) bond motifs is 1. The highest BCUT2D eigenvalue weighted by Gasteiger charge is 2.31. The number of aryl methyl sites for hydroxylation is 3. The van der Waals surface area contributed by atoms with E-state index in [1.165, 1.54) is 39.1 Å². The third-order valence-electron chi connectivity index (χ3n) is 5.52. The minimum Gasteiger partial charge on any atom is -0.362 e. The first-order valence-corrected chi connectivity index (χ1v) is 9.96. The molecule has 1 aliphatic heterocycles. The second-order valence-corrected chi connectivity index (χ2v) is 8.41. The normalized spacial score (nSPS) is 15.8. The number of rotatable bonds is 4. The highest BCUT2D eigenvalue weighted by atomic mass is 15.2. The van der Waals surface area contributed by atoms with Crippen molar-refractivity contribution >= 4 is 23.2 Å². The molecule has 0 N–H and O–H groups in total. The van der Waals surface area contributed by atoms with Crippen LogP contribution >= 0.6 is 0 Å². The van der Waals surface area contributed by atoms with Crippen LogP contribution in [0.4, 0.5) is 11.4 Å². The van der Waals surface area contributed by atoms with Crippen LogP contribution in [0.25, 0.3) is 5.57 Å². The first kappa shape index (κ1) is 19.4. The van der Waals surface area contributed by atoms with Gasteiger partial charge in [-0.1, -0.05) is 25.1 Å². The van der Waals surface area contributed by atoms with E-state index in [9.17, 15) is 0 Å². The average molecular weight is 361 g/mol. The molecular formula is C25H32N2. The van der Waals surface area contributed by atoms with Gasteiger partial charge in [-0.25, -0.2) is 0 Å². The molecule has 0 saturated heterocycles. The van der Waals surface area contributed by atoms with Crippen molar-refractivity contribution < 1.29 is 0 Å². The molecule has 0 spiro atoms. The van der Waals surface area contributed by atoms with Gasteiger partial charge in [-0.15, -0.1) is 0 Å². The van der Waals surface area contributed by atoms with Crippen molar-refractivity contribution in [1.82, 2.24) is 0 Å². The molecular weight excluding hydrogens is 328 g/mol. The number of hydrogen-bond donors (Lipinski definition) is 0. The molecule has 142 valence electrons. The number of benzene rings is 2. The number of hydrogen-bond acceptors (Lipinski definition) is 2. The van der Waals surface area contributed by atoms with E-state index in [1.807, 2.05) is 6.21 Å². The van der Waals surface area contributed by atoms with Gasteiger partial charge in [-0.2, -0.15) is 0 Å². The Morgan fingerprint density at radius 1 is 1.00 bits per heavy atom. The maximum absolute atomic E-state index is 4.80. The molecule has 0 amide bonds. The number of aliphatic imine (C=N–C) groups is 1. The van der Waals surface area contributed by atoms with E-state index < -0.39 is 0 Å². The fourth-order valence-electron chi connectivity index (χ4n) is 4.01. The van der Waals surface area contributed by atoms with Crippen LogP contribution in [0.15, 0.2) is 41.4 Å². The molecule has 0 aromatic heterocycles. The van der Waals surface area contributed by atoms with Gasteiger partial charge in [0, 0.05) is 24.0 Å². The van der Waals surface area contributed by atoms with E-state index in [1.54, 1.807) is 0 Å². The standard InChI is InChI=1S/C25H32N2/c1-8-11-27-24-13-19(4)21(14-22(24)20(5)15-25(27,6)7)16-26-23-12-17(2)9-10-18(23)3/h9-10,12-16H,8,11H2,1-7H3. The zero-order chi connectivity index (χ0) is 19.8. The van der Waals surface area contributed by atoms with Gasteiger partial charge in [0.2, 0.25) is 0 Å². The first-order chi connectivity index (χ1) is 12.7. The monoisotopic (exact) mass is 360 g/mol. The quantitative estimate of drug-likeness (QED) is 0.549. The Morgan fingerprint density at radius 3 is 2.44 bits per heavy atom. The van der Waals surface area contributed by atoms with Crippen molar-refractivity contribution in [2.24, 2.45) is 4.99 Å². The SMILES string of the molecule is CCCN1c2cc(C)c(C=Nc3cc(C)ccc3C)cc2C(C)=CC1(C)C. The molecule has 0 unspecified atom stereocenters. The van der Waals surface area contributed by atoms with Crippen LogP contribution in [-0.4, -0.2) is 18.3 Å². The summed E-state index contributed by atoms with van der Waals surface area (Å²) in [7, 11) is 0. The van der Waals surface area contributed by atoms with Crippen LogP contribution in [0.1, 0.15) is 61.9 Å². The molecule has 1 heterocycles. The lowest BCUT2D eigenvalue weighted by Gasteiger charge is -2.43. The molecule has 2 aromatic rings. The fraction of sp³-hybridized carbons (Fsp3) is 0.400. The summed E-state index contributed by atoms with van der Waals surface area (Å²) in [5.41, 5.74) is 10.0. The van der Waals surface area contributed by atoms with Gasteiger partial charge in [-0.05, 0) is 94.0 Å². The number of allylic oxidation sites excluding steroid dienone is 1. The van der Waals surface area contributed by atoms with E-state index in [2.05, 4.69) is 89.8 Å². The minimum atomic E-state index is 0.0494. The Kier molecular flexibility index (Phi) is 5.28. The summed E-state index contributed by atoms with van der Waals surface area (Å²) in [4.78, 5) is 7.33. The maximum atomic E-state index is 4.80. The van der Waals surface area contributed by atoms with Crippen LogP contribution in [0.2, 0.25) is 0 Å². The molecule has 0 radical (unpaired) electrons. The van der Waals surface area contributed by atoms with Crippen molar-refractivity contribution in [2.75, 3.05) is 11.4 Å². The number of nitrogens with zero attached hydrogens (tertiary/aromatic N) is 2. The van der Waals surface area contributed by atoms with Gasteiger partial charge in [-0.3, -0.25) is 4.99 Å². The van der Waals surface area contributed by atoms with Crippen molar-refractivity contribution in [1.29, 1.82) is 0 Å². The molecule has 2 heteroatoms. The predicted molar refractivity (Wildman–Crippen MR) is 120 cm³/mol. The lowest BCUT2D eigenvalue weighted by molar-refractivity contribution is 0.550. The van der Waals surface area contributed by atoms with Gasteiger partial charge in [0.1, 0.15) is 0 Å². The van der Waals surface area contributed by atoms with Gasteiger partial charge in [0.05, 0.1) is 11.2 Å². The third-order valence-corrected chi connectivity index (χ3v) is 5.52. The number of anilines is 1. The molecule has 1 aliphatic rings. The van der Waals surface area contributed by atoms with Crippen molar-refractivity contribution in [2.45, 2.75) is 60.4 Å². The summed E-state index contributed by atoms with van der Waals surface area (Å²) < 4.78 is 0. The topological polar surface area (TPSA) is 15.6 Å². The van der Waals surface area contributed by atoms with E-state index in [0.717, 1.165) is 18.7 Å². The Morgan fingerprint density at radius 2 is 1.74 bits per heavy atom. The zero-order valence-electron chi connectivity index (χ0n) is 17.9. The summed E-state index contributed by atoms with van der Waals surface area (Å²) in [6.07, 6.45) is 5.56. The van der Waals surface area contributed by atoms with E-state index >= 15 is 0 Å². The predicted octanol–water partition coefficient (Wildman–Crippen LogP) is 6.77. The smallest absolute Gasteiger partial charge is 0.0661 e. The second kappa shape index (κ2) is 7.34. The molecule has 2 aromatic carbocycles. The largest absolute Gasteiger partial charge is 0.362 e. The maximum Gasteiger partial charge on any atom is 0.0661 e. The Hall–Kier alpha value is -2.35. The highest BCUT2D eigenvalue weighted by molar-refractivity contribution is 5.90. The molecule has 2 nitrogen and oxygen atoms in total. The molecule has 0 saturated carbocycles. The minimum absolute atomic E-state index is 0.0494. The lowest BCUT2D eigenvalue weighted by atomic mass is 9.87. The summed E-state index contributed by atoms with van der Waals surface area (Å²) in [5.74, 6) is 0. The van der Waals surface area contributed by atoms with E-state index in [4.69, 9.17) is 4.99 Å². The first-order valence-electron chi connectivity index (χ1n) is 9.96. The molecule has 27 heavy (non-hydrogen) atoms. The van der Waals surface area contributed by atoms with Crippen LogP contribution < -0.4 is 4.90 Å². The van der Waals surface area contributed by atoms with Crippen molar-refractivity contribution in [3.8, 4) is 0 Å². The summed E-state index contributed by atoms with van der Waals surface area (Å²) in [6.45, 7) is 16.6. The van der Waals surface area contributed by atoms with Crippen molar-refractivity contribution in [3.05, 3.63) is 64.2 Å². The van der Waals surface area contributed by atoms with Gasteiger partial charge in [0.15, 0.2) is 0 Å². The Balaban J connectivity index is 2.05. The summed E-state index contributed by atoms with van der Waals surface area (Å²) in [5, 5.41) is 0. The van der Waals surface area contributed by atoms with Crippen LogP contribution in [0.5, 0.6) is 0 Å². The van der Waals surface area contributed by atoms with Gasteiger partial charge >= 0.3 is 0 Å². The van der Waals surface area contributed by atoms with Crippen LogP contribution in [-0.2, 0) is 0 Å². The molecule has 0 bridgehead atoms. The molecule has 3 rings (SSSR count). The lowest BCUT2D eigenvalue weighted by Crippen LogP contribution is -2.45. The Labute approximate surface area is 164 Å². The van der Waals surface area contributed by atoms with Crippen LogP contribution in [0, 0.1) is 20.8 Å². The van der Waals surface area contributed by atoms with Crippen molar-refractivity contribution in [3.63, 3.8) is 0 Å². The highest BCUT2D eigenvalue weighted by Crippen LogP contribution is 2.40. The fourth-order valence-corrected chi connectivity index (χ4v) is 4.01. The van der Waals surface area contributed by atoms with E-state index in [-0.39, 0.29) is 5.54 Å². The Bertz CT molecular complexity index is 916. The molecule has 0 fully saturated rings. The van der Waals surface area contributed by atoms with Gasteiger partial charge in [0.25, 0.3) is 0 Å². The summed E-state index contributed by atoms with van der Waals surface area (Å²) >= 11 is 0. The van der Waals surface area contributed by atoms with E-state index in [0.29, 0.717) is 0 Å². The summed E-state index contributed by atoms with van der Waals surface area (Å²) in [6, 6.07) is 11.1. The second-order valence-electron chi connectivity index (χ2n) is 8.41. The zero-order valence-corrected chi connectivity index (χ0v) is 17.9. The molecule has 0 atom stereocenters. The van der Waals surface area contributed by atoms with Crippen LogP contribution in [0.3, 0.4) is 0 Å². The van der Waals surface area contributed by atoms with Gasteiger partial charge < -0.3 is 4.90 Å².